The van der Waals surface area contributed by atoms with Crippen molar-refractivity contribution in [3.05, 3.63) is 22.6 Å². The summed E-state index contributed by atoms with van der Waals surface area (Å²) in [5.41, 5.74) is 7.00. The summed E-state index contributed by atoms with van der Waals surface area (Å²) in [6.07, 6.45) is 2.12. The van der Waals surface area contributed by atoms with E-state index in [2.05, 4.69) is 10.1 Å². The summed E-state index contributed by atoms with van der Waals surface area (Å²) in [7, 11) is 0. The van der Waals surface area contributed by atoms with Crippen molar-refractivity contribution in [1.29, 1.82) is 0 Å². The minimum Gasteiger partial charge on any atom is -0.396 e. The average molecular weight is 194 g/mol. The molecule has 13 heavy (non-hydrogen) atoms. The minimum absolute atomic E-state index is 0.397. The third kappa shape index (κ3) is 1.11. The Balaban J connectivity index is 2.97. The van der Waals surface area contributed by atoms with Crippen molar-refractivity contribution in [2.24, 2.45) is 0 Å². The van der Waals surface area contributed by atoms with Crippen LogP contribution in [0.15, 0.2) is 12.3 Å². The van der Waals surface area contributed by atoms with Crippen LogP contribution in [0.4, 0.5) is 5.69 Å². The molecule has 0 bridgehead atoms. The Labute approximate surface area is 78.2 Å². The maximum atomic E-state index is 10.5. The number of nitrogen functional groups attached to an aromatic ring is 1. The maximum absolute atomic E-state index is 10.5. The molecule has 0 aliphatic carbocycles. The van der Waals surface area contributed by atoms with Gasteiger partial charge < -0.3 is 5.73 Å². The van der Waals surface area contributed by atoms with Crippen LogP contribution in [0.3, 0.4) is 0 Å². The summed E-state index contributed by atoms with van der Waals surface area (Å²) in [6, 6.07) is 1.59. The van der Waals surface area contributed by atoms with Gasteiger partial charge in [-0.1, -0.05) is 12.2 Å². The van der Waals surface area contributed by atoms with E-state index < -0.39 is 0 Å². The van der Waals surface area contributed by atoms with E-state index in [9.17, 15) is 4.79 Å². The highest BCUT2D eigenvalue weighted by molar-refractivity contribution is 7.71. The molecule has 3 N–H and O–H groups in total. The maximum Gasteiger partial charge on any atom is 0.175 e. The molecule has 0 aromatic carbocycles. The standard InChI is InChI=1S/C7H6N4OS/c8-5-1-6(13)10-11-4(3-12)2-9-7(5)11/h1-3H,8H2,(H,10,13). The summed E-state index contributed by atoms with van der Waals surface area (Å²) in [4.78, 5) is 14.5. The van der Waals surface area contributed by atoms with Crippen molar-refractivity contribution >= 4 is 29.8 Å². The molecule has 2 aromatic heterocycles. The van der Waals surface area contributed by atoms with Crippen LogP contribution in [0.1, 0.15) is 10.5 Å². The topological polar surface area (TPSA) is 76.2 Å². The van der Waals surface area contributed by atoms with Crippen molar-refractivity contribution in [3.63, 3.8) is 0 Å². The summed E-state index contributed by atoms with van der Waals surface area (Å²) in [5, 5.41) is 2.79. The van der Waals surface area contributed by atoms with Crippen molar-refractivity contribution in [2.45, 2.75) is 0 Å². The van der Waals surface area contributed by atoms with Gasteiger partial charge in [-0.3, -0.25) is 9.89 Å². The molecule has 5 nitrogen and oxygen atoms in total. The van der Waals surface area contributed by atoms with Crippen molar-refractivity contribution < 1.29 is 4.79 Å². The monoisotopic (exact) mass is 194 g/mol. The summed E-state index contributed by atoms with van der Waals surface area (Å²) in [5.74, 6) is 0. The van der Waals surface area contributed by atoms with E-state index in [0.717, 1.165) is 0 Å². The number of imidazole rings is 1. The van der Waals surface area contributed by atoms with Crippen LogP contribution in [-0.2, 0) is 0 Å². The number of anilines is 1. The Morgan fingerprint density at radius 1 is 1.69 bits per heavy atom. The first kappa shape index (κ1) is 7.93. The Hall–Kier alpha value is -1.69. The number of nitrogens with two attached hydrogens (primary N) is 1. The van der Waals surface area contributed by atoms with Crippen molar-refractivity contribution in [1.82, 2.24) is 14.6 Å². The second kappa shape index (κ2) is 2.67. The predicted octanol–water partition coefficient (Wildman–Crippen LogP) is 0.787. The molecule has 2 heterocycles. The number of aldehydes is 1. The lowest BCUT2D eigenvalue weighted by atomic mass is 10.5. The molecule has 2 aromatic rings. The van der Waals surface area contributed by atoms with Gasteiger partial charge in [-0.05, 0) is 0 Å². The Morgan fingerprint density at radius 2 is 2.46 bits per heavy atom. The van der Waals surface area contributed by atoms with E-state index in [0.29, 0.717) is 28.0 Å². The number of hydrogen-bond donors (Lipinski definition) is 2. The molecule has 66 valence electrons. The van der Waals surface area contributed by atoms with Gasteiger partial charge in [0.15, 0.2) is 11.9 Å². The number of nitrogens with one attached hydrogen (secondary N) is 1. The lowest BCUT2D eigenvalue weighted by Gasteiger charge is -1.98. The number of nitrogens with zero attached hydrogens (tertiary/aromatic N) is 2. The van der Waals surface area contributed by atoms with Crippen LogP contribution in [0, 0.1) is 4.64 Å². The number of aromatic amines is 1. The molecule has 0 radical (unpaired) electrons. The largest absolute Gasteiger partial charge is 0.396 e. The summed E-state index contributed by atoms with van der Waals surface area (Å²) in [6.45, 7) is 0. The van der Waals surface area contributed by atoms with Crippen LogP contribution >= 0.6 is 12.2 Å². The van der Waals surface area contributed by atoms with Gasteiger partial charge >= 0.3 is 0 Å². The Bertz CT molecular complexity index is 527. The first-order valence-corrected chi connectivity index (χ1v) is 3.94. The minimum atomic E-state index is 0.397. The molecule has 2 rings (SSSR count). The van der Waals surface area contributed by atoms with Crippen LogP contribution in [-0.4, -0.2) is 20.9 Å². The second-order valence-corrected chi connectivity index (χ2v) is 2.98. The van der Waals surface area contributed by atoms with Crippen LogP contribution < -0.4 is 5.73 Å². The van der Waals surface area contributed by atoms with Gasteiger partial charge in [0.1, 0.15) is 10.3 Å². The number of H-pyrrole nitrogens is 1. The molecular weight excluding hydrogens is 188 g/mol. The molecule has 0 aliphatic rings. The third-order valence-electron chi connectivity index (χ3n) is 1.68. The normalized spacial score (nSPS) is 10.5. The highest BCUT2D eigenvalue weighted by atomic mass is 32.1. The van der Waals surface area contributed by atoms with Crippen LogP contribution in [0.25, 0.3) is 5.65 Å². The fourth-order valence-corrected chi connectivity index (χ4v) is 1.34. The Kier molecular flexibility index (Phi) is 1.63. The quantitative estimate of drug-likeness (QED) is 0.519. The molecule has 0 saturated carbocycles. The Morgan fingerprint density at radius 3 is 3.15 bits per heavy atom. The van der Waals surface area contributed by atoms with Crippen LogP contribution in [0.2, 0.25) is 0 Å². The molecule has 0 atom stereocenters. The van der Waals surface area contributed by atoms with E-state index in [-0.39, 0.29) is 0 Å². The van der Waals surface area contributed by atoms with Gasteiger partial charge in [0.25, 0.3) is 0 Å². The van der Waals surface area contributed by atoms with E-state index in [1.165, 1.54) is 10.7 Å². The molecule has 0 aliphatic heterocycles. The first-order chi connectivity index (χ1) is 6.22. The highest BCUT2D eigenvalue weighted by Crippen LogP contribution is 2.11. The van der Waals surface area contributed by atoms with Gasteiger partial charge in [0.05, 0.1) is 11.9 Å². The van der Waals surface area contributed by atoms with Gasteiger partial charge in [-0.15, -0.1) is 0 Å². The number of carbonyl (C=O) groups is 1. The number of hydrogen-bond acceptors (Lipinski definition) is 4. The zero-order valence-electron chi connectivity index (χ0n) is 6.52. The molecule has 0 saturated heterocycles. The summed E-state index contributed by atoms with van der Waals surface area (Å²) < 4.78 is 1.93. The molecule has 6 heteroatoms. The smallest absolute Gasteiger partial charge is 0.175 e. The number of carbonyl (C=O) groups excluding carboxylic acids is 1. The van der Waals surface area contributed by atoms with E-state index in [4.69, 9.17) is 18.0 Å². The van der Waals surface area contributed by atoms with Crippen molar-refractivity contribution in [2.75, 3.05) is 5.73 Å². The predicted molar refractivity (Wildman–Crippen MR) is 50.2 cm³/mol. The zero-order chi connectivity index (χ0) is 9.42. The molecule has 0 spiro atoms. The SMILES string of the molecule is Nc1cc(=S)[nH]n2c(C=O)cnc12. The lowest BCUT2D eigenvalue weighted by molar-refractivity contribution is 0.111. The molecule has 0 unspecified atom stereocenters. The molecular formula is C7H6N4OS. The molecule has 0 fully saturated rings. The second-order valence-electron chi connectivity index (χ2n) is 2.54. The van der Waals surface area contributed by atoms with E-state index in [1.807, 2.05) is 0 Å². The summed E-state index contributed by atoms with van der Waals surface area (Å²) >= 11 is 4.90. The number of fused-ring (bicyclic) bond motifs is 1. The van der Waals surface area contributed by atoms with Gasteiger partial charge in [-0.2, -0.15) is 0 Å². The van der Waals surface area contributed by atoms with Gasteiger partial charge in [0.2, 0.25) is 0 Å². The van der Waals surface area contributed by atoms with Crippen molar-refractivity contribution in [3.8, 4) is 0 Å². The van der Waals surface area contributed by atoms with E-state index in [1.54, 1.807) is 6.07 Å². The van der Waals surface area contributed by atoms with Gasteiger partial charge in [0, 0.05) is 6.07 Å². The lowest BCUT2D eigenvalue weighted by Crippen LogP contribution is -2.00. The fraction of sp³-hybridized carbons (Fsp3) is 0. The van der Waals surface area contributed by atoms with Gasteiger partial charge in [-0.25, -0.2) is 9.50 Å². The number of aromatic nitrogens is 3. The first-order valence-electron chi connectivity index (χ1n) is 3.54. The van der Waals surface area contributed by atoms with E-state index >= 15 is 0 Å². The number of rotatable bonds is 1. The third-order valence-corrected chi connectivity index (χ3v) is 1.89. The zero-order valence-corrected chi connectivity index (χ0v) is 7.34. The fourth-order valence-electron chi connectivity index (χ4n) is 1.12. The average Bonchev–Trinajstić information content (AvgIpc) is 2.47. The molecule has 0 amide bonds. The van der Waals surface area contributed by atoms with Crippen LogP contribution in [0.5, 0.6) is 0 Å². The highest BCUT2D eigenvalue weighted by Gasteiger charge is 2.04.